The third-order valence-corrected chi connectivity index (χ3v) is 4.29. The summed E-state index contributed by atoms with van der Waals surface area (Å²) in [6, 6.07) is 13.2. The Morgan fingerprint density at radius 3 is 2.54 bits per heavy atom. The van der Waals surface area contributed by atoms with E-state index in [-0.39, 0.29) is 0 Å². The highest BCUT2D eigenvalue weighted by Gasteiger charge is 2.17. The number of carbonyl (C=O) groups is 1. The van der Waals surface area contributed by atoms with Crippen molar-refractivity contribution in [3.63, 3.8) is 0 Å². The van der Waals surface area contributed by atoms with E-state index in [9.17, 15) is 9.90 Å². The fourth-order valence-corrected chi connectivity index (χ4v) is 2.97. The van der Waals surface area contributed by atoms with E-state index in [1.54, 1.807) is 24.5 Å². The van der Waals surface area contributed by atoms with E-state index >= 15 is 0 Å². The zero-order valence-corrected chi connectivity index (χ0v) is 14.6. The number of anilines is 1. The molecular weight excluding hydrogens is 330 g/mol. The number of benzene rings is 2. The van der Waals surface area contributed by atoms with Gasteiger partial charge in [0.25, 0.3) is 0 Å². The minimum absolute atomic E-state index is 0.310. The zero-order valence-electron chi connectivity index (χ0n) is 14.6. The Morgan fingerprint density at radius 2 is 1.92 bits per heavy atom. The summed E-state index contributed by atoms with van der Waals surface area (Å²) in [6.45, 7) is 2.25. The average molecular weight is 351 g/mol. The molecule has 0 amide bonds. The number of hydrogen-bond donors (Lipinski definition) is 2. The number of allylic oxidation sites excluding steroid dienone is 3. The van der Waals surface area contributed by atoms with E-state index < -0.39 is 5.97 Å². The second-order valence-corrected chi connectivity index (χ2v) is 6.15. The van der Waals surface area contributed by atoms with Crippen molar-refractivity contribution >= 4 is 17.2 Å². The smallest absolute Gasteiger partial charge is 0.336 e. The van der Waals surface area contributed by atoms with Crippen LogP contribution in [0, 0.1) is 0 Å². The quantitative estimate of drug-likeness (QED) is 0.799. The van der Waals surface area contributed by atoms with Gasteiger partial charge >= 0.3 is 5.97 Å². The molecule has 0 saturated heterocycles. The fourth-order valence-electron chi connectivity index (χ4n) is 2.97. The number of aromatic carboxylic acids is 1. The summed E-state index contributed by atoms with van der Waals surface area (Å²) in [4.78, 5) is 11.4. The number of fused-ring (bicyclic) bond motifs is 1. The SMILES string of the molecule is CC1=COCO1.Nc1ccc(C(=O)O)c(C2=CCc3ccccc3C2)c1. The van der Waals surface area contributed by atoms with Gasteiger partial charge < -0.3 is 20.3 Å². The van der Waals surface area contributed by atoms with E-state index in [4.69, 9.17) is 10.5 Å². The zero-order chi connectivity index (χ0) is 18.5. The molecule has 0 unspecified atom stereocenters. The minimum Gasteiger partial charge on any atom is -0.478 e. The molecule has 4 rings (SSSR count). The first kappa shape index (κ1) is 17.6. The molecule has 0 saturated carbocycles. The van der Waals surface area contributed by atoms with Crippen molar-refractivity contribution < 1.29 is 19.4 Å². The van der Waals surface area contributed by atoms with Gasteiger partial charge in [0.15, 0.2) is 0 Å². The van der Waals surface area contributed by atoms with E-state index in [0.717, 1.165) is 29.7 Å². The molecule has 5 nitrogen and oxygen atoms in total. The lowest BCUT2D eigenvalue weighted by Gasteiger charge is -2.18. The fraction of sp³-hybridized carbons (Fsp3) is 0.190. The molecule has 2 aromatic carbocycles. The van der Waals surface area contributed by atoms with Crippen LogP contribution in [0.3, 0.4) is 0 Å². The first-order valence-corrected chi connectivity index (χ1v) is 8.35. The molecular formula is C21H21NO4. The minimum atomic E-state index is -0.917. The molecule has 0 bridgehead atoms. The Bertz CT molecular complexity index is 883. The van der Waals surface area contributed by atoms with Gasteiger partial charge in [-0.25, -0.2) is 4.79 Å². The second-order valence-electron chi connectivity index (χ2n) is 6.15. The summed E-state index contributed by atoms with van der Waals surface area (Å²) in [5.74, 6) is -0.0604. The molecule has 0 radical (unpaired) electrons. The Hall–Kier alpha value is -3.21. The molecule has 5 heteroatoms. The molecule has 0 spiro atoms. The number of nitrogens with two attached hydrogens (primary N) is 1. The summed E-state index contributed by atoms with van der Waals surface area (Å²) < 4.78 is 9.46. The van der Waals surface area contributed by atoms with Crippen LogP contribution in [0.15, 0.2) is 60.6 Å². The monoisotopic (exact) mass is 351 g/mol. The lowest BCUT2D eigenvalue weighted by Crippen LogP contribution is -2.08. The maximum absolute atomic E-state index is 11.4. The van der Waals surface area contributed by atoms with Crippen LogP contribution in [-0.4, -0.2) is 17.9 Å². The van der Waals surface area contributed by atoms with Gasteiger partial charge in [-0.15, -0.1) is 0 Å². The van der Waals surface area contributed by atoms with Gasteiger partial charge in [-0.2, -0.15) is 0 Å². The topological polar surface area (TPSA) is 81.8 Å². The van der Waals surface area contributed by atoms with E-state index in [0.29, 0.717) is 18.0 Å². The van der Waals surface area contributed by atoms with Crippen molar-refractivity contribution in [3.8, 4) is 0 Å². The highest BCUT2D eigenvalue weighted by atomic mass is 16.7. The molecule has 1 aliphatic heterocycles. The summed E-state index contributed by atoms with van der Waals surface area (Å²) in [5.41, 5.74) is 11.0. The summed E-state index contributed by atoms with van der Waals surface area (Å²) in [7, 11) is 0. The molecule has 134 valence electrons. The molecule has 2 aliphatic rings. The van der Waals surface area contributed by atoms with Crippen molar-refractivity contribution in [1.82, 2.24) is 0 Å². The van der Waals surface area contributed by atoms with Gasteiger partial charge in [0, 0.05) is 5.69 Å². The van der Waals surface area contributed by atoms with E-state index in [2.05, 4.69) is 22.9 Å². The van der Waals surface area contributed by atoms with Crippen molar-refractivity contribution in [2.45, 2.75) is 19.8 Å². The van der Waals surface area contributed by atoms with Crippen LogP contribution >= 0.6 is 0 Å². The Balaban J connectivity index is 0.000000278. The molecule has 1 aliphatic carbocycles. The standard InChI is InChI=1S/C17H15NO2.C4H6O2/c18-14-7-8-15(17(19)20)16(10-14)13-6-5-11-3-1-2-4-12(11)9-13;1-4-2-5-3-6-4/h1-4,6-8,10H,5,9,18H2,(H,19,20);2H,3H2,1H3. The van der Waals surface area contributed by atoms with Crippen LogP contribution in [0.5, 0.6) is 0 Å². The Kier molecular flexibility index (Phi) is 5.27. The van der Waals surface area contributed by atoms with Crippen molar-refractivity contribution in [2.24, 2.45) is 0 Å². The van der Waals surface area contributed by atoms with Crippen LogP contribution in [0.1, 0.15) is 34.0 Å². The summed E-state index contributed by atoms with van der Waals surface area (Å²) >= 11 is 0. The first-order chi connectivity index (χ1) is 12.5. The molecule has 3 N–H and O–H groups in total. The normalized spacial score (nSPS) is 14.7. The maximum Gasteiger partial charge on any atom is 0.336 e. The predicted molar refractivity (Wildman–Crippen MR) is 100 cm³/mol. The number of hydrogen-bond acceptors (Lipinski definition) is 4. The average Bonchev–Trinajstić information content (AvgIpc) is 3.12. The molecule has 2 aromatic rings. The van der Waals surface area contributed by atoms with Crippen LogP contribution in [-0.2, 0) is 22.3 Å². The third-order valence-electron chi connectivity index (χ3n) is 4.29. The summed E-state index contributed by atoms with van der Waals surface area (Å²) in [6.07, 6.45) is 5.28. The van der Waals surface area contributed by atoms with Gasteiger partial charge in [0.1, 0.15) is 12.0 Å². The lowest BCUT2D eigenvalue weighted by molar-refractivity contribution is 0.0696. The third kappa shape index (κ3) is 4.06. The Morgan fingerprint density at radius 1 is 1.15 bits per heavy atom. The number of carboxylic acid groups (broad SMARTS) is 1. The molecule has 1 heterocycles. The molecule has 0 atom stereocenters. The van der Waals surface area contributed by atoms with Crippen molar-refractivity contribution in [2.75, 3.05) is 12.5 Å². The maximum atomic E-state index is 11.4. The number of ether oxygens (including phenoxy) is 2. The van der Waals surface area contributed by atoms with Crippen molar-refractivity contribution in [1.29, 1.82) is 0 Å². The van der Waals surface area contributed by atoms with Crippen LogP contribution < -0.4 is 5.73 Å². The highest BCUT2D eigenvalue weighted by molar-refractivity contribution is 5.95. The Labute approximate surface area is 152 Å². The van der Waals surface area contributed by atoms with Gasteiger partial charge in [-0.05, 0) is 60.2 Å². The van der Waals surface area contributed by atoms with Gasteiger partial charge in [0.05, 0.1) is 5.56 Å². The highest BCUT2D eigenvalue weighted by Crippen LogP contribution is 2.30. The van der Waals surface area contributed by atoms with Gasteiger partial charge in [-0.3, -0.25) is 0 Å². The van der Waals surface area contributed by atoms with Crippen LogP contribution in [0.25, 0.3) is 5.57 Å². The van der Waals surface area contributed by atoms with E-state index in [1.807, 2.05) is 19.1 Å². The molecule has 0 aromatic heterocycles. The summed E-state index contributed by atoms with van der Waals surface area (Å²) in [5, 5.41) is 9.31. The number of rotatable bonds is 2. The molecule has 26 heavy (non-hydrogen) atoms. The van der Waals surface area contributed by atoms with E-state index in [1.165, 1.54) is 11.1 Å². The van der Waals surface area contributed by atoms with Crippen LogP contribution in [0.4, 0.5) is 5.69 Å². The van der Waals surface area contributed by atoms with Gasteiger partial charge in [-0.1, -0.05) is 30.3 Å². The van der Waals surface area contributed by atoms with Crippen LogP contribution in [0.2, 0.25) is 0 Å². The predicted octanol–water partition coefficient (Wildman–Crippen LogP) is 4.00. The lowest BCUT2D eigenvalue weighted by atomic mass is 9.86. The second kappa shape index (κ2) is 7.78. The number of carboxylic acids is 1. The molecule has 0 fully saturated rings. The first-order valence-electron chi connectivity index (χ1n) is 8.35. The number of nitrogen functional groups attached to an aromatic ring is 1. The van der Waals surface area contributed by atoms with Gasteiger partial charge in [0.2, 0.25) is 6.79 Å². The van der Waals surface area contributed by atoms with Crippen molar-refractivity contribution in [3.05, 3.63) is 82.8 Å². The largest absolute Gasteiger partial charge is 0.478 e.